The van der Waals surface area contributed by atoms with Crippen molar-refractivity contribution in [3.8, 4) is 0 Å². The SMILES string of the molecule is CCC[CH2][Sn]([CH2]CCC)([CH2]CCC)[c]1cc[c]([Sn]([CH2]CCC)([CH2]CCC)[CH2]CCC)c2nccnc12. The predicted molar refractivity (Wildman–Crippen MR) is 169 cm³/mol. The molecule has 2 nitrogen and oxygen atoms in total. The van der Waals surface area contributed by atoms with E-state index in [0.717, 1.165) is 0 Å². The van der Waals surface area contributed by atoms with Crippen LogP contribution in [-0.4, -0.2) is 46.7 Å². The molecule has 0 aliphatic carbocycles. The Morgan fingerprint density at radius 2 is 0.694 bits per heavy atom. The molecule has 0 saturated heterocycles. The van der Waals surface area contributed by atoms with Crippen molar-refractivity contribution in [1.29, 1.82) is 0 Å². The Kier molecular flexibility index (Phi) is 15.9. The third-order valence-electron chi connectivity index (χ3n) is 8.82. The van der Waals surface area contributed by atoms with Crippen LogP contribution in [0.25, 0.3) is 11.0 Å². The Hall–Kier alpha value is 0.157. The van der Waals surface area contributed by atoms with Crippen molar-refractivity contribution < 1.29 is 0 Å². The van der Waals surface area contributed by atoms with Crippen molar-refractivity contribution in [3.63, 3.8) is 0 Å². The number of nitrogens with zero attached hydrogens (tertiary/aromatic N) is 2. The normalized spacial score (nSPS) is 12.5. The second kappa shape index (κ2) is 17.7. The van der Waals surface area contributed by atoms with Crippen LogP contribution in [0, 0.1) is 0 Å². The van der Waals surface area contributed by atoms with E-state index in [1.807, 2.05) is 12.4 Å². The molecule has 0 unspecified atom stereocenters. The molecule has 0 fully saturated rings. The predicted octanol–water partition coefficient (Wildman–Crippen LogP) is 9.74. The van der Waals surface area contributed by atoms with Crippen molar-refractivity contribution in [2.24, 2.45) is 0 Å². The van der Waals surface area contributed by atoms with E-state index in [0.29, 0.717) is 0 Å². The van der Waals surface area contributed by atoms with Gasteiger partial charge in [0.1, 0.15) is 0 Å². The van der Waals surface area contributed by atoms with Crippen molar-refractivity contribution in [1.82, 2.24) is 9.97 Å². The number of unbranched alkanes of at least 4 members (excludes halogenated alkanes) is 6. The van der Waals surface area contributed by atoms with E-state index in [1.165, 1.54) is 115 Å². The quantitative estimate of drug-likeness (QED) is 0.128. The molecule has 0 radical (unpaired) electrons. The molecule has 1 aromatic heterocycles. The molecule has 0 N–H and O–H groups in total. The zero-order chi connectivity index (χ0) is 26.3. The molecule has 36 heavy (non-hydrogen) atoms. The molecule has 1 aromatic carbocycles. The average Bonchev–Trinajstić information content (AvgIpc) is 2.92. The topological polar surface area (TPSA) is 25.8 Å². The second-order valence-corrected chi connectivity index (χ2v) is 37.9. The number of hydrogen-bond donors (Lipinski definition) is 0. The van der Waals surface area contributed by atoms with E-state index >= 15 is 0 Å². The fourth-order valence-electron chi connectivity index (χ4n) is 6.56. The molecule has 2 rings (SSSR count). The molecule has 0 spiro atoms. The van der Waals surface area contributed by atoms with Gasteiger partial charge in [-0.05, 0) is 0 Å². The summed E-state index contributed by atoms with van der Waals surface area (Å²) in [5.41, 5.74) is 2.72. The first-order valence-electron chi connectivity index (χ1n) is 15.8. The fourth-order valence-corrected chi connectivity index (χ4v) is 39.5. The summed E-state index contributed by atoms with van der Waals surface area (Å²) in [5, 5.41) is 0. The zero-order valence-corrected chi connectivity index (χ0v) is 30.6. The average molecular weight is 708 g/mol. The van der Waals surface area contributed by atoms with Gasteiger partial charge in [-0.25, -0.2) is 0 Å². The maximum atomic E-state index is 5.21. The fraction of sp³-hybridized carbons (Fsp3) is 0.750. The summed E-state index contributed by atoms with van der Waals surface area (Å²) in [4.78, 5) is 10.4. The van der Waals surface area contributed by atoms with Crippen LogP contribution in [0.4, 0.5) is 0 Å². The van der Waals surface area contributed by atoms with Crippen LogP contribution in [0.2, 0.25) is 26.6 Å². The Morgan fingerprint density at radius 3 is 0.917 bits per heavy atom. The second-order valence-electron chi connectivity index (χ2n) is 11.6. The molecule has 0 aliphatic heterocycles. The van der Waals surface area contributed by atoms with Gasteiger partial charge in [-0.15, -0.1) is 0 Å². The van der Waals surface area contributed by atoms with E-state index < -0.39 is 36.8 Å². The molecule has 1 heterocycles. The molecule has 4 heteroatoms. The van der Waals surface area contributed by atoms with Gasteiger partial charge in [-0.1, -0.05) is 0 Å². The minimum absolute atomic E-state index is 1.32. The number of aromatic nitrogens is 2. The summed E-state index contributed by atoms with van der Waals surface area (Å²) >= 11 is -5.21. The van der Waals surface area contributed by atoms with Crippen LogP contribution in [0.15, 0.2) is 24.5 Å². The van der Waals surface area contributed by atoms with Gasteiger partial charge in [0.2, 0.25) is 0 Å². The van der Waals surface area contributed by atoms with Gasteiger partial charge in [-0.2, -0.15) is 0 Å². The third kappa shape index (κ3) is 8.58. The zero-order valence-electron chi connectivity index (χ0n) is 24.9. The first kappa shape index (κ1) is 32.4. The molecule has 0 bridgehead atoms. The number of fused-ring (bicyclic) bond motifs is 1. The van der Waals surface area contributed by atoms with Gasteiger partial charge >= 0.3 is 235 Å². The summed E-state index contributed by atoms with van der Waals surface area (Å²) in [7, 11) is 0. The minimum atomic E-state index is -2.60. The van der Waals surface area contributed by atoms with E-state index in [9.17, 15) is 0 Å². The monoisotopic (exact) mass is 710 g/mol. The molecule has 0 aliphatic rings. The maximum absolute atomic E-state index is 5.21. The first-order valence-corrected chi connectivity index (χ1v) is 30.8. The third-order valence-corrected chi connectivity index (χ3v) is 40.1. The standard InChI is InChI=1S/C8H4N2.6C4H9.2Sn/c1-2-4-8-7(3-1)9-5-6-10-8;6*1-3-4-2;;/h1-2,5-6H;6*1,3-4H2,2H3;;. The molecule has 2 aromatic rings. The Labute approximate surface area is 233 Å². The van der Waals surface area contributed by atoms with E-state index in [4.69, 9.17) is 9.97 Å². The molecular formula is C32H58N2Sn2. The molecule has 0 atom stereocenters. The van der Waals surface area contributed by atoms with Crippen LogP contribution in [0.1, 0.15) is 119 Å². The first-order chi connectivity index (χ1) is 17.6. The van der Waals surface area contributed by atoms with Crippen molar-refractivity contribution in [3.05, 3.63) is 24.5 Å². The van der Waals surface area contributed by atoms with Gasteiger partial charge in [0.15, 0.2) is 0 Å². The summed E-state index contributed by atoms with van der Waals surface area (Å²) in [5.74, 6) is 0. The van der Waals surface area contributed by atoms with Crippen molar-refractivity contribution in [2.75, 3.05) is 0 Å². The molecular weight excluding hydrogens is 650 g/mol. The van der Waals surface area contributed by atoms with Crippen molar-refractivity contribution >= 4 is 54.9 Å². The van der Waals surface area contributed by atoms with Gasteiger partial charge in [0, 0.05) is 0 Å². The molecule has 204 valence electrons. The van der Waals surface area contributed by atoms with Gasteiger partial charge < -0.3 is 0 Å². The van der Waals surface area contributed by atoms with Gasteiger partial charge in [0.05, 0.1) is 0 Å². The van der Waals surface area contributed by atoms with Crippen LogP contribution in [-0.2, 0) is 0 Å². The molecule has 0 amide bonds. The molecule has 0 saturated carbocycles. The van der Waals surface area contributed by atoms with Gasteiger partial charge in [-0.3, -0.25) is 0 Å². The van der Waals surface area contributed by atoms with E-state index in [-0.39, 0.29) is 0 Å². The summed E-state index contributed by atoms with van der Waals surface area (Å²) in [6.07, 6.45) is 20.4. The van der Waals surface area contributed by atoms with Gasteiger partial charge in [0.25, 0.3) is 0 Å². The van der Waals surface area contributed by atoms with Crippen LogP contribution in [0.3, 0.4) is 0 Å². The van der Waals surface area contributed by atoms with E-state index in [1.54, 1.807) is 7.16 Å². The van der Waals surface area contributed by atoms with Crippen LogP contribution in [0.5, 0.6) is 0 Å². The summed E-state index contributed by atoms with van der Waals surface area (Å²) < 4.78 is 12.5. The Bertz CT molecular complexity index is 752. The van der Waals surface area contributed by atoms with Crippen molar-refractivity contribution in [2.45, 2.75) is 145 Å². The Balaban J connectivity index is 2.77. The summed E-state index contributed by atoms with van der Waals surface area (Å²) in [6.45, 7) is 14.3. The van der Waals surface area contributed by atoms with Crippen LogP contribution < -0.4 is 7.16 Å². The summed E-state index contributed by atoms with van der Waals surface area (Å²) in [6, 6.07) is 5.36. The number of benzene rings is 1. The number of rotatable bonds is 20. The number of hydrogen-bond acceptors (Lipinski definition) is 2. The van der Waals surface area contributed by atoms with Crippen LogP contribution >= 0.6 is 0 Å². The Morgan fingerprint density at radius 1 is 0.444 bits per heavy atom. The van der Waals surface area contributed by atoms with E-state index in [2.05, 4.69) is 53.7 Å².